The summed E-state index contributed by atoms with van der Waals surface area (Å²) in [5.41, 5.74) is 9.76. The van der Waals surface area contributed by atoms with E-state index in [2.05, 4.69) is 20.2 Å². The van der Waals surface area contributed by atoms with Gasteiger partial charge in [-0.25, -0.2) is 0 Å². The number of aliphatic hydroxyl groups is 1. The summed E-state index contributed by atoms with van der Waals surface area (Å²) in [5.74, 6) is -0.196. The number of aliphatic hydroxyl groups excluding tert-OH is 1. The van der Waals surface area contributed by atoms with Gasteiger partial charge in [0.25, 0.3) is 10.7 Å². The number of azide groups is 1. The summed E-state index contributed by atoms with van der Waals surface area (Å²) in [4.78, 5) is 21.5. The first kappa shape index (κ1) is 45.8. The van der Waals surface area contributed by atoms with Crippen LogP contribution >= 0.6 is 21.3 Å². The molecule has 0 saturated carbocycles. The first-order valence-electron chi connectivity index (χ1n) is 17.5. The summed E-state index contributed by atoms with van der Waals surface area (Å²) in [6, 6.07) is 20.9. The van der Waals surface area contributed by atoms with Crippen LogP contribution in [0.5, 0.6) is 17.2 Å². The molecule has 19 heteroatoms. The Morgan fingerprint density at radius 2 is 1.16 bits per heavy atom. The Morgan fingerprint density at radius 1 is 0.782 bits per heavy atom. The van der Waals surface area contributed by atoms with Crippen LogP contribution in [0.1, 0.15) is 89.8 Å². The number of rotatable bonds is 21. The van der Waals surface area contributed by atoms with Gasteiger partial charge < -0.3 is 29.1 Å². The number of ether oxygens (including phenoxy) is 3. The lowest BCUT2D eigenvalue weighted by molar-refractivity contribution is 0.0857. The molecule has 3 N–H and O–H groups in total. The van der Waals surface area contributed by atoms with Crippen molar-refractivity contribution in [3.8, 4) is 17.2 Å². The van der Waals surface area contributed by atoms with Crippen molar-refractivity contribution >= 4 is 57.3 Å². The fourth-order valence-corrected chi connectivity index (χ4v) is 9.32. The Kier molecular flexibility index (Phi) is 16.7. The molecule has 0 aliphatic carbocycles. The minimum absolute atomic E-state index is 0.0885. The van der Waals surface area contributed by atoms with Crippen LogP contribution in [0.15, 0.2) is 88.1 Å². The van der Waals surface area contributed by atoms with Gasteiger partial charge in [0.15, 0.2) is 35.2 Å². The quantitative estimate of drug-likeness (QED) is 0.0231. The molecule has 3 aromatic carbocycles. The first-order valence-corrected chi connectivity index (χ1v) is 23.8. The maximum absolute atomic E-state index is 11.4. The van der Waals surface area contributed by atoms with Crippen LogP contribution in [0.2, 0.25) is 0 Å². The largest absolute Gasteiger partial charge is 0.481 e. The van der Waals surface area contributed by atoms with Crippen molar-refractivity contribution in [2.24, 2.45) is 15.3 Å². The highest BCUT2D eigenvalue weighted by Gasteiger charge is 2.46. The summed E-state index contributed by atoms with van der Waals surface area (Å²) in [5, 5.41) is 21.5. The summed E-state index contributed by atoms with van der Waals surface area (Å²) in [6.07, 6.45) is 6.08. The van der Waals surface area contributed by atoms with E-state index in [4.69, 9.17) is 43.4 Å². The fourth-order valence-electron chi connectivity index (χ4n) is 5.09. The second-order valence-electron chi connectivity index (χ2n) is 13.2. The zero-order valence-electron chi connectivity index (χ0n) is 32.3. The van der Waals surface area contributed by atoms with E-state index in [9.17, 15) is 19.5 Å². The molecule has 0 bridgehead atoms. The van der Waals surface area contributed by atoms with Gasteiger partial charge in [0.1, 0.15) is 17.2 Å². The van der Waals surface area contributed by atoms with Crippen LogP contribution < -0.4 is 14.2 Å². The highest BCUT2D eigenvalue weighted by atomic mass is 32.4. The van der Waals surface area contributed by atoms with Gasteiger partial charge in [0.05, 0.1) is 26.5 Å². The minimum Gasteiger partial charge on any atom is -0.481 e. The van der Waals surface area contributed by atoms with Gasteiger partial charge in [0, 0.05) is 31.6 Å². The first-order chi connectivity index (χ1) is 25.8. The predicted molar refractivity (Wildman–Crippen MR) is 227 cm³/mol. The van der Waals surface area contributed by atoms with Crippen molar-refractivity contribution in [1.29, 1.82) is 0 Å². The zero-order valence-corrected chi connectivity index (χ0v) is 36.6. The van der Waals surface area contributed by atoms with E-state index in [0.29, 0.717) is 36.5 Å². The van der Waals surface area contributed by atoms with Gasteiger partial charge in [-0.1, -0.05) is 39.3 Å². The normalized spacial score (nSPS) is 16.2. The molecule has 0 saturated heterocycles. The summed E-state index contributed by atoms with van der Waals surface area (Å²) in [7, 11) is -1.06. The molecule has 0 aliphatic heterocycles. The summed E-state index contributed by atoms with van der Waals surface area (Å²) in [6.45, 7) is 9.01. The van der Waals surface area contributed by atoms with Crippen LogP contribution in [-0.4, -0.2) is 67.4 Å². The van der Waals surface area contributed by atoms with Crippen LogP contribution in [0.4, 0.5) is 0 Å². The minimum atomic E-state index is -4.69. The molecule has 5 unspecified atom stereocenters. The van der Waals surface area contributed by atoms with Crippen molar-refractivity contribution in [2.75, 3.05) is 14.1 Å². The molecule has 3 rings (SSSR count). The van der Waals surface area contributed by atoms with Crippen LogP contribution in [-0.2, 0) is 28.2 Å². The van der Waals surface area contributed by atoms with E-state index in [1.165, 1.54) is 12.1 Å². The van der Waals surface area contributed by atoms with Gasteiger partial charge in [-0.2, -0.15) is 0 Å². The molecule has 0 aromatic heterocycles. The SMILES string of the molecule is CCC[C@](C)(N=[N+]=[N-])Oc1ccc(/C=N/N(C)[P+](=S)C(C)(CC)Oc2ccc(/C=N/N(C)[P+](=S)C(C)(CC)Oc3ccc(C(O)P(=O)(O)O)cc3)cc2)cc1. The molecular formula is C36H50N7O7P3S2+2. The number of benzene rings is 3. The van der Waals surface area contributed by atoms with E-state index >= 15 is 0 Å². The van der Waals surface area contributed by atoms with Gasteiger partial charge in [-0.3, -0.25) is 4.57 Å². The van der Waals surface area contributed by atoms with E-state index in [1.54, 1.807) is 48.1 Å². The highest BCUT2D eigenvalue weighted by molar-refractivity contribution is 8.04. The number of hydrogen-bond donors (Lipinski definition) is 3. The van der Waals surface area contributed by atoms with Crippen molar-refractivity contribution in [2.45, 2.75) is 89.5 Å². The number of hydrogen-bond acceptors (Lipinski definition) is 10. The monoisotopic (exact) mass is 849 g/mol. The smallest absolute Gasteiger partial charge is 0.358 e. The Labute approximate surface area is 335 Å². The predicted octanol–water partition coefficient (Wildman–Crippen LogP) is 9.72. The van der Waals surface area contributed by atoms with Gasteiger partial charge in [0.2, 0.25) is 0 Å². The average Bonchev–Trinajstić information content (AvgIpc) is 3.16. The van der Waals surface area contributed by atoms with Crippen molar-refractivity contribution in [3.05, 3.63) is 99.9 Å². The molecule has 0 fully saturated rings. The lowest BCUT2D eigenvalue weighted by Gasteiger charge is -2.25. The second kappa shape index (κ2) is 20.1. The second-order valence-corrected chi connectivity index (χ2v) is 21.0. The van der Waals surface area contributed by atoms with Gasteiger partial charge in [-0.05, 0) is 101 Å². The molecule has 0 amide bonds. The third kappa shape index (κ3) is 13.0. The van der Waals surface area contributed by atoms with Crippen molar-refractivity contribution < 1.29 is 33.7 Å². The van der Waals surface area contributed by atoms with Crippen LogP contribution in [0.3, 0.4) is 0 Å². The van der Waals surface area contributed by atoms with Crippen LogP contribution in [0.25, 0.3) is 10.4 Å². The van der Waals surface area contributed by atoms with Crippen molar-refractivity contribution in [3.63, 3.8) is 0 Å². The molecule has 0 spiro atoms. The third-order valence-corrected chi connectivity index (χ3v) is 17.0. The van der Waals surface area contributed by atoms with Crippen LogP contribution in [0, 0.1) is 0 Å². The lowest BCUT2D eigenvalue weighted by Crippen LogP contribution is -2.30. The zero-order chi connectivity index (χ0) is 41.0. The Balaban J connectivity index is 1.62. The van der Waals surface area contributed by atoms with E-state index in [0.717, 1.165) is 17.5 Å². The maximum Gasteiger partial charge on any atom is 0.358 e. The highest BCUT2D eigenvalue weighted by Crippen LogP contribution is 2.50. The van der Waals surface area contributed by atoms with E-state index in [-0.39, 0.29) is 5.56 Å². The number of hydrazone groups is 2. The molecule has 0 radical (unpaired) electrons. The molecule has 0 heterocycles. The third-order valence-electron chi connectivity index (χ3n) is 8.64. The Bertz CT molecular complexity index is 1930. The molecule has 3 aromatic rings. The van der Waals surface area contributed by atoms with Gasteiger partial charge in [-0.15, -0.1) is 19.8 Å². The molecule has 0 aliphatic rings. The van der Waals surface area contributed by atoms with Gasteiger partial charge >= 0.3 is 21.3 Å². The van der Waals surface area contributed by atoms with E-state index in [1.807, 2.05) is 90.2 Å². The molecule has 6 atom stereocenters. The van der Waals surface area contributed by atoms with E-state index < -0.39 is 43.5 Å². The molecule has 296 valence electrons. The standard InChI is InChI=1S/C36H48N7O7P3S2/c1-9-24-34(4,40-41-37)48-30-18-12-27(13-19-30)25-38-42(7)51(54)35(5,10-2)49-31-20-14-28(15-21-31)26-39-43(8)52(55)36(6,11-3)50-32-22-16-29(17-23-32)33(44)53(45,46)47/h12-23,25-26,33,44H,9-11,24H2,1-8H3/p+2/b38-25+,39-26+/t33?,34-,35?,36?/m1/s1. The Hall–Kier alpha value is -3.54. The van der Waals surface area contributed by atoms with Crippen molar-refractivity contribution in [1.82, 2.24) is 9.56 Å². The summed E-state index contributed by atoms with van der Waals surface area (Å²) < 4.78 is 33.6. The lowest BCUT2D eigenvalue weighted by atomic mass is 10.1. The topological polar surface area (TPSA) is 185 Å². The molecular weight excluding hydrogens is 799 g/mol. The number of nitrogens with zero attached hydrogens (tertiary/aromatic N) is 7. The molecule has 14 nitrogen and oxygen atoms in total. The fraction of sp³-hybridized carbons (Fsp3) is 0.444. The molecule has 55 heavy (non-hydrogen) atoms. The Morgan fingerprint density at radius 3 is 1.51 bits per heavy atom. The average molecular weight is 850 g/mol. The maximum atomic E-state index is 11.4. The summed E-state index contributed by atoms with van der Waals surface area (Å²) >= 11 is 11.9.